The summed E-state index contributed by atoms with van der Waals surface area (Å²) in [6, 6.07) is 9.25. The predicted octanol–water partition coefficient (Wildman–Crippen LogP) is 3.67. The molecule has 1 N–H and O–H groups in total. The van der Waals surface area contributed by atoms with Gasteiger partial charge in [-0.3, -0.25) is 0 Å². The lowest BCUT2D eigenvalue weighted by Gasteiger charge is -2.10. The molecule has 0 saturated heterocycles. The fraction of sp³-hybridized carbons (Fsp3) is 0.143. The molecule has 4 nitrogen and oxygen atoms in total. The predicted molar refractivity (Wildman–Crippen MR) is 75.0 cm³/mol. The SMILES string of the molecule is COc1ccc(Nc2nccc(C#N)c2Cl)cc1C. The van der Waals surface area contributed by atoms with Crippen LogP contribution in [0.2, 0.25) is 5.02 Å². The van der Waals surface area contributed by atoms with E-state index < -0.39 is 0 Å². The zero-order chi connectivity index (χ0) is 13.8. The highest BCUT2D eigenvalue weighted by Gasteiger charge is 2.08. The van der Waals surface area contributed by atoms with Gasteiger partial charge in [0.25, 0.3) is 0 Å². The zero-order valence-corrected chi connectivity index (χ0v) is 11.3. The molecule has 2 rings (SSSR count). The topological polar surface area (TPSA) is 57.9 Å². The lowest BCUT2D eigenvalue weighted by Crippen LogP contribution is -1.97. The van der Waals surface area contributed by atoms with Gasteiger partial charge in [0.15, 0.2) is 5.82 Å². The van der Waals surface area contributed by atoms with Crippen molar-refractivity contribution in [3.63, 3.8) is 0 Å². The molecule has 1 aromatic heterocycles. The Kier molecular flexibility index (Phi) is 3.88. The van der Waals surface area contributed by atoms with E-state index in [0.717, 1.165) is 17.0 Å². The van der Waals surface area contributed by atoms with Crippen LogP contribution in [0.4, 0.5) is 11.5 Å². The van der Waals surface area contributed by atoms with Crippen molar-refractivity contribution in [1.82, 2.24) is 4.98 Å². The number of nitrogens with zero attached hydrogens (tertiary/aromatic N) is 2. The van der Waals surface area contributed by atoms with Gasteiger partial charge in [0.1, 0.15) is 16.8 Å². The Labute approximate surface area is 116 Å². The summed E-state index contributed by atoms with van der Waals surface area (Å²) in [5, 5.41) is 12.3. The van der Waals surface area contributed by atoms with Crippen molar-refractivity contribution in [2.45, 2.75) is 6.92 Å². The molecule has 1 heterocycles. The van der Waals surface area contributed by atoms with Gasteiger partial charge in [0, 0.05) is 11.9 Å². The molecule has 0 radical (unpaired) electrons. The van der Waals surface area contributed by atoms with Crippen LogP contribution in [0.5, 0.6) is 5.75 Å². The number of anilines is 2. The van der Waals surface area contributed by atoms with Crippen LogP contribution in [0.25, 0.3) is 0 Å². The number of nitrogens with one attached hydrogen (secondary N) is 1. The number of aryl methyl sites for hydroxylation is 1. The molecule has 0 aliphatic carbocycles. The second-order valence-electron chi connectivity index (χ2n) is 3.94. The third-order valence-corrected chi connectivity index (χ3v) is 3.05. The molecule has 5 heteroatoms. The van der Waals surface area contributed by atoms with E-state index in [2.05, 4.69) is 10.3 Å². The number of benzene rings is 1. The molecule has 0 bridgehead atoms. The van der Waals surface area contributed by atoms with Crippen LogP contribution in [-0.2, 0) is 0 Å². The highest BCUT2D eigenvalue weighted by Crippen LogP contribution is 2.28. The smallest absolute Gasteiger partial charge is 0.150 e. The number of hydrogen-bond acceptors (Lipinski definition) is 4. The van der Waals surface area contributed by atoms with E-state index in [1.807, 2.05) is 31.2 Å². The van der Waals surface area contributed by atoms with Gasteiger partial charge < -0.3 is 10.1 Å². The summed E-state index contributed by atoms with van der Waals surface area (Å²) in [6.45, 7) is 1.95. The minimum atomic E-state index is 0.318. The average molecular weight is 274 g/mol. The summed E-state index contributed by atoms with van der Waals surface area (Å²) in [7, 11) is 1.63. The molecule has 0 amide bonds. The number of rotatable bonds is 3. The quantitative estimate of drug-likeness (QED) is 0.927. The lowest BCUT2D eigenvalue weighted by molar-refractivity contribution is 0.412. The maximum absolute atomic E-state index is 8.91. The normalized spacial score (nSPS) is 9.79. The Morgan fingerprint density at radius 2 is 2.16 bits per heavy atom. The number of hydrogen-bond donors (Lipinski definition) is 1. The summed E-state index contributed by atoms with van der Waals surface area (Å²) in [4.78, 5) is 4.13. The van der Waals surface area contributed by atoms with Gasteiger partial charge in [-0.1, -0.05) is 11.6 Å². The van der Waals surface area contributed by atoms with Gasteiger partial charge in [-0.15, -0.1) is 0 Å². The van der Waals surface area contributed by atoms with Crippen molar-refractivity contribution in [2.75, 3.05) is 12.4 Å². The second kappa shape index (κ2) is 5.59. The molecule has 0 unspecified atom stereocenters. The molecule has 2 aromatic rings. The van der Waals surface area contributed by atoms with Crippen LogP contribution in [0.15, 0.2) is 30.5 Å². The summed E-state index contributed by atoms with van der Waals surface area (Å²) in [5.41, 5.74) is 2.23. The van der Waals surface area contributed by atoms with Gasteiger partial charge in [-0.25, -0.2) is 4.98 Å². The molecule has 96 valence electrons. The first-order chi connectivity index (χ1) is 9.15. The second-order valence-corrected chi connectivity index (χ2v) is 4.32. The fourth-order valence-corrected chi connectivity index (χ4v) is 1.91. The van der Waals surface area contributed by atoms with E-state index in [4.69, 9.17) is 21.6 Å². The van der Waals surface area contributed by atoms with Crippen LogP contribution in [0.1, 0.15) is 11.1 Å². The minimum absolute atomic E-state index is 0.318. The summed E-state index contributed by atoms with van der Waals surface area (Å²) in [6.07, 6.45) is 1.54. The molecule has 19 heavy (non-hydrogen) atoms. The third-order valence-electron chi connectivity index (χ3n) is 2.67. The minimum Gasteiger partial charge on any atom is -0.496 e. The molecular weight excluding hydrogens is 262 g/mol. The monoisotopic (exact) mass is 273 g/mol. The third kappa shape index (κ3) is 2.78. The standard InChI is InChI=1S/C14H12ClN3O/c1-9-7-11(3-4-12(9)19-2)18-14-13(15)10(8-16)5-6-17-14/h3-7H,1-2H3,(H,17,18). The van der Waals surface area contributed by atoms with Gasteiger partial charge in [-0.05, 0) is 36.8 Å². The highest BCUT2D eigenvalue weighted by atomic mass is 35.5. The van der Waals surface area contributed by atoms with Gasteiger partial charge >= 0.3 is 0 Å². The fourth-order valence-electron chi connectivity index (χ4n) is 1.71. The van der Waals surface area contributed by atoms with Crippen molar-refractivity contribution < 1.29 is 4.74 Å². The Bertz CT molecular complexity index is 650. The van der Waals surface area contributed by atoms with Crippen LogP contribution in [0, 0.1) is 18.3 Å². The first-order valence-corrected chi connectivity index (χ1v) is 5.99. The van der Waals surface area contributed by atoms with E-state index in [1.54, 1.807) is 19.4 Å². The molecule has 1 aromatic carbocycles. The van der Waals surface area contributed by atoms with Crippen molar-refractivity contribution in [1.29, 1.82) is 5.26 Å². The average Bonchev–Trinajstić information content (AvgIpc) is 2.41. The van der Waals surface area contributed by atoms with Crippen LogP contribution < -0.4 is 10.1 Å². The molecule has 0 aliphatic rings. The number of pyridine rings is 1. The summed E-state index contributed by atoms with van der Waals surface area (Å²) < 4.78 is 5.20. The zero-order valence-electron chi connectivity index (χ0n) is 10.6. The first kappa shape index (κ1) is 13.2. The van der Waals surface area contributed by atoms with E-state index >= 15 is 0 Å². The first-order valence-electron chi connectivity index (χ1n) is 5.62. The Morgan fingerprint density at radius 1 is 1.37 bits per heavy atom. The van der Waals surface area contributed by atoms with Crippen molar-refractivity contribution in [2.24, 2.45) is 0 Å². The molecule has 0 saturated carbocycles. The van der Waals surface area contributed by atoms with Crippen LogP contribution in [-0.4, -0.2) is 12.1 Å². The summed E-state index contributed by atoms with van der Waals surface area (Å²) >= 11 is 6.08. The van der Waals surface area contributed by atoms with Gasteiger partial charge in [-0.2, -0.15) is 5.26 Å². The Balaban J connectivity index is 2.32. The van der Waals surface area contributed by atoms with Crippen molar-refractivity contribution >= 4 is 23.1 Å². The largest absolute Gasteiger partial charge is 0.496 e. The van der Waals surface area contributed by atoms with Crippen molar-refractivity contribution in [3.05, 3.63) is 46.6 Å². The van der Waals surface area contributed by atoms with E-state index in [0.29, 0.717) is 16.4 Å². The Hall–Kier alpha value is -2.25. The lowest BCUT2D eigenvalue weighted by atomic mass is 10.2. The van der Waals surface area contributed by atoms with Crippen LogP contribution >= 0.6 is 11.6 Å². The Morgan fingerprint density at radius 3 is 2.79 bits per heavy atom. The van der Waals surface area contributed by atoms with Gasteiger partial charge in [0.05, 0.1) is 12.7 Å². The molecule has 0 aliphatic heterocycles. The molecular formula is C14H12ClN3O. The number of nitriles is 1. The van der Waals surface area contributed by atoms with E-state index in [-0.39, 0.29) is 0 Å². The van der Waals surface area contributed by atoms with Crippen molar-refractivity contribution in [3.8, 4) is 11.8 Å². The molecule has 0 atom stereocenters. The summed E-state index contributed by atoms with van der Waals surface area (Å²) in [5.74, 6) is 1.28. The number of halogens is 1. The van der Waals surface area contributed by atoms with E-state index in [1.165, 1.54) is 0 Å². The maximum atomic E-state index is 8.91. The number of methoxy groups -OCH3 is 1. The highest BCUT2D eigenvalue weighted by molar-refractivity contribution is 6.34. The molecule has 0 fully saturated rings. The molecule has 0 spiro atoms. The number of aromatic nitrogens is 1. The van der Waals surface area contributed by atoms with Crippen LogP contribution in [0.3, 0.4) is 0 Å². The van der Waals surface area contributed by atoms with E-state index in [9.17, 15) is 0 Å². The number of ether oxygens (including phenoxy) is 1. The van der Waals surface area contributed by atoms with Gasteiger partial charge in [0.2, 0.25) is 0 Å². The maximum Gasteiger partial charge on any atom is 0.150 e.